The van der Waals surface area contributed by atoms with Crippen LogP contribution in [0.2, 0.25) is 0 Å². The number of methoxy groups -OCH3 is 1. The fraction of sp³-hybridized carbons (Fsp3) is 0.231. The zero-order chi connectivity index (χ0) is 15.2. The van der Waals surface area contributed by atoms with E-state index in [9.17, 15) is 13.2 Å². The molecule has 0 saturated carbocycles. The molecule has 1 aromatic heterocycles. The summed E-state index contributed by atoms with van der Waals surface area (Å²) in [6.45, 7) is 1.02. The molecule has 8 heteroatoms. The second-order valence-electron chi connectivity index (χ2n) is 4.06. The minimum atomic E-state index is -1.53. The first kappa shape index (κ1) is 15.0. The van der Waals surface area contributed by atoms with E-state index in [1.807, 2.05) is 0 Å². The van der Waals surface area contributed by atoms with Crippen LogP contribution in [-0.2, 0) is 4.74 Å². The van der Waals surface area contributed by atoms with Crippen LogP contribution in [-0.4, -0.2) is 30.2 Å². The van der Waals surface area contributed by atoms with Crippen molar-refractivity contribution in [2.24, 2.45) is 0 Å². The quantitative estimate of drug-likeness (QED) is 0.634. The van der Waals surface area contributed by atoms with Crippen molar-refractivity contribution >= 4 is 17.3 Å². The second-order valence-corrected chi connectivity index (χ2v) is 4.06. The van der Waals surface area contributed by atoms with Crippen molar-refractivity contribution in [3.63, 3.8) is 0 Å². The van der Waals surface area contributed by atoms with E-state index >= 15 is 0 Å². The molecule has 0 aliphatic carbocycles. The highest BCUT2D eigenvalue weighted by Crippen LogP contribution is 2.23. The van der Waals surface area contributed by atoms with Crippen LogP contribution in [0.15, 0.2) is 24.5 Å². The lowest BCUT2D eigenvalue weighted by atomic mass is 10.3. The number of aromatic nitrogens is 2. The molecule has 0 aliphatic heterocycles. The van der Waals surface area contributed by atoms with E-state index in [1.165, 1.54) is 12.4 Å². The summed E-state index contributed by atoms with van der Waals surface area (Å²) in [5.74, 6) is -3.35. The molecule has 0 atom stereocenters. The highest BCUT2D eigenvalue weighted by atomic mass is 19.2. The summed E-state index contributed by atoms with van der Waals surface area (Å²) in [6.07, 6.45) is 1.26. The molecule has 0 unspecified atom stereocenters. The molecule has 21 heavy (non-hydrogen) atoms. The van der Waals surface area contributed by atoms with Crippen molar-refractivity contribution in [1.82, 2.24) is 9.97 Å². The molecule has 2 rings (SSSR count). The zero-order valence-electron chi connectivity index (χ0n) is 11.2. The van der Waals surface area contributed by atoms with Crippen molar-refractivity contribution in [1.29, 1.82) is 0 Å². The Morgan fingerprint density at radius 3 is 2.62 bits per heavy atom. The van der Waals surface area contributed by atoms with Crippen LogP contribution in [0.1, 0.15) is 0 Å². The number of benzene rings is 1. The van der Waals surface area contributed by atoms with Gasteiger partial charge in [0, 0.05) is 19.7 Å². The Morgan fingerprint density at radius 1 is 1.10 bits per heavy atom. The maximum atomic E-state index is 13.5. The molecule has 5 nitrogen and oxygen atoms in total. The van der Waals surface area contributed by atoms with E-state index in [-0.39, 0.29) is 11.5 Å². The first-order valence-electron chi connectivity index (χ1n) is 6.07. The average molecular weight is 298 g/mol. The number of anilines is 3. The van der Waals surface area contributed by atoms with Gasteiger partial charge in [0.05, 0.1) is 12.3 Å². The number of halogens is 3. The van der Waals surface area contributed by atoms with Gasteiger partial charge in [-0.3, -0.25) is 0 Å². The van der Waals surface area contributed by atoms with Gasteiger partial charge in [-0.05, 0) is 12.1 Å². The van der Waals surface area contributed by atoms with Crippen molar-refractivity contribution in [3.05, 3.63) is 42.0 Å². The summed E-state index contributed by atoms with van der Waals surface area (Å²) < 4.78 is 44.4. The van der Waals surface area contributed by atoms with Crippen LogP contribution >= 0.6 is 0 Å². The first-order valence-corrected chi connectivity index (χ1v) is 6.07. The Balaban J connectivity index is 2.13. The van der Waals surface area contributed by atoms with Gasteiger partial charge in [0.15, 0.2) is 17.5 Å². The van der Waals surface area contributed by atoms with Gasteiger partial charge in [0.2, 0.25) is 0 Å². The van der Waals surface area contributed by atoms with Crippen molar-refractivity contribution in [3.8, 4) is 0 Å². The van der Waals surface area contributed by atoms with E-state index < -0.39 is 17.5 Å². The molecule has 0 aliphatic rings. The highest BCUT2D eigenvalue weighted by Gasteiger charge is 2.13. The van der Waals surface area contributed by atoms with Gasteiger partial charge in [-0.15, -0.1) is 0 Å². The Bertz CT molecular complexity index is 624. The van der Waals surface area contributed by atoms with Crippen LogP contribution in [0.25, 0.3) is 0 Å². The van der Waals surface area contributed by atoms with Crippen LogP contribution in [0.3, 0.4) is 0 Å². The standard InChI is InChI=1S/C13H13F3N4O/c1-21-5-4-17-10-6-11(19-7-18-10)20-9-3-2-8(14)12(15)13(9)16/h2-3,6-7H,4-5H2,1H3,(H2,17,18,19,20). The van der Waals surface area contributed by atoms with Gasteiger partial charge in [-0.25, -0.2) is 23.1 Å². The number of ether oxygens (including phenoxy) is 1. The molecule has 0 amide bonds. The summed E-state index contributed by atoms with van der Waals surface area (Å²) in [4.78, 5) is 7.84. The fourth-order valence-electron chi connectivity index (χ4n) is 1.56. The molecule has 0 fully saturated rings. The van der Waals surface area contributed by atoms with Crippen LogP contribution in [0, 0.1) is 17.5 Å². The zero-order valence-corrected chi connectivity index (χ0v) is 11.2. The van der Waals surface area contributed by atoms with E-state index in [4.69, 9.17) is 4.74 Å². The third-order valence-electron chi connectivity index (χ3n) is 2.58. The predicted octanol–water partition coefficient (Wildman–Crippen LogP) is 2.70. The van der Waals surface area contributed by atoms with Crippen molar-refractivity contribution < 1.29 is 17.9 Å². The summed E-state index contributed by atoms with van der Waals surface area (Å²) >= 11 is 0. The monoisotopic (exact) mass is 298 g/mol. The predicted molar refractivity (Wildman–Crippen MR) is 72.0 cm³/mol. The second kappa shape index (κ2) is 6.89. The molecular weight excluding hydrogens is 285 g/mol. The van der Waals surface area contributed by atoms with E-state index in [1.54, 1.807) is 7.11 Å². The van der Waals surface area contributed by atoms with Gasteiger partial charge in [0.25, 0.3) is 0 Å². The van der Waals surface area contributed by atoms with Gasteiger partial charge < -0.3 is 15.4 Å². The minimum Gasteiger partial charge on any atom is -0.383 e. The van der Waals surface area contributed by atoms with Gasteiger partial charge in [-0.2, -0.15) is 0 Å². The number of rotatable bonds is 6. The Morgan fingerprint density at radius 2 is 1.86 bits per heavy atom. The topological polar surface area (TPSA) is 59.1 Å². The van der Waals surface area contributed by atoms with Crippen LogP contribution < -0.4 is 10.6 Å². The molecule has 2 N–H and O–H groups in total. The molecule has 0 spiro atoms. The van der Waals surface area contributed by atoms with E-state index in [0.717, 1.165) is 12.1 Å². The van der Waals surface area contributed by atoms with E-state index in [0.29, 0.717) is 19.0 Å². The molecule has 1 aromatic carbocycles. The summed E-state index contributed by atoms with van der Waals surface area (Å²) in [5, 5.41) is 5.53. The lowest BCUT2D eigenvalue weighted by molar-refractivity contribution is 0.210. The molecule has 2 aromatic rings. The molecule has 0 radical (unpaired) electrons. The third-order valence-corrected chi connectivity index (χ3v) is 2.58. The summed E-state index contributed by atoms with van der Waals surface area (Å²) in [6, 6.07) is 3.43. The van der Waals surface area contributed by atoms with Gasteiger partial charge in [0.1, 0.15) is 18.0 Å². The third kappa shape index (κ3) is 3.82. The smallest absolute Gasteiger partial charge is 0.196 e. The molecule has 0 saturated heterocycles. The summed E-state index contributed by atoms with van der Waals surface area (Å²) in [5.41, 5.74) is -0.213. The van der Waals surface area contributed by atoms with Gasteiger partial charge in [-0.1, -0.05) is 0 Å². The highest BCUT2D eigenvalue weighted by molar-refractivity contribution is 5.59. The maximum absolute atomic E-state index is 13.5. The molecule has 0 bridgehead atoms. The Labute approximate surface area is 119 Å². The SMILES string of the molecule is COCCNc1cc(Nc2ccc(F)c(F)c2F)ncn1. The number of hydrogen-bond acceptors (Lipinski definition) is 5. The lowest BCUT2D eigenvalue weighted by Crippen LogP contribution is -2.09. The fourth-order valence-corrected chi connectivity index (χ4v) is 1.56. The minimum absolute atomic E-state index is 0.213. The van der Waals surface area contributed by atoms with Crippen molar-refractivity contribution in [2.75, 3.05) is 30.9 Å². The average Bonchev–Trinajstić information content (AvgIpc) is 2.49. The Kier molecular flexibility index (Phi) is 4.94. The van der Waals surface area contributed by atoms with Gasteiger partial charge >= 0.3 is 0 Å². The lowest BCUT2D eigenvalue weighted by Gasteiger charge is -2.09. The molecule has 112 valence electrons. The van der Waals surface area contributed by atoms with Crippen LogP contribution in [0.5, 0.6) is 0 Å². The number of nitrogens with one attached hydrogen (secondary N) is 2. The number of nitrogens with zero attached hydrogens (tertiary/aromatic N) is 2. The largest absolute Gasteiger partial charge is 0.383 e. The number of hydrogen-bond donors (Lipinski definition) is 2. The summed E-state index contributed by atoms with van der Waals surface area (Å²) in [7, 11) is 1.57. The molecular formula is C13H13F3N4O. The maximum Gasteiger partial charge on any atom is 0.196 e. The van der Waals surface area contributed by atoms with Crippen LogP contribution in [0.4, 0.5) is 30.5 Å². The van der Waals surface area contributed by atoms with E-state index in [2.05, 4.69) is 20.6 Å². The first-order chi connectivity index (χ1) is 10.1. The molecule has 1 heterocycles. The Hall–Kier alpha value is -2.35. The van der Waals surface area contributed by atoms with Crippen molar-refractivity contribution in [2.45, 2.75) is 0 Å². The normalized spacial score (nSPS) is 10.5.